The molecule has 5 atom stereocenters. The third kappa shape index (κ3) is 1.43. The van der Waals surface area contributed by atoms with E-state index in [0.717, 1.165) is 5.92 Å². The van der Waals surface area contributed by atoms with E-state index >= 15 is 0 Å². The molecule has 2 nitrogen and oxygen atoms in total. The molecule has 3 heterocycles. The second-order valence-electron chi connectivity index (χ2n) is 5.63. The smallest absolute Gasteiger partial charge is 0.0830 e. The van der Waals surface area contributed by atoms with Gasteiger partial charge in [0.25, 0.3) is 0 Å². The van der Waals surface area contributed by atoms with Crippen LogP contribution >= 0.6 is 0 Å². The summed E-state index contributed by atoms with van der Waals surface area (Å²) in [5.74, 6) is 1.38. The van der Waals surface area contributed by atoms with Crippen LogP contribution in [0, 0.1) is 11.8 Å². The number of nitrogens with zero attached hydrogens (tertiary/aromatic N) is 1. The Morgan fingerprint density at radius 2 is 2.06 bits per heavy atom. The Labute approximate surface area is 103 Å². The van der Waals surface area contributed by atoms with Gasteiger partial charge in [0.1, 0.15) is 0 Å². The van der Waals surface area contributed by atoms with E-state index in [2.05, 4.69) is 41.5 Å². The Balaban J connectivity index is 1.64. The number of allylic oxidation sites excluding steroid dienone is 3. The minimum atomic E-state index is 0.348. The SMILES string of the molecule is C1=CC2OC3C(CCN4C=CCCC34)C2C=C1. The van der Waals surface area contributed by atoms with E-state index < -0.39 is 0 Å². The summed E-state index contributed by atoms with van der Waals surface area (Å²) >= 11 is 0. The molecule has 17 heavy (non-hydrogen) atoms. The molecule has 2 fully saturated rings. The summed E-state index contributed by atoms with van der Waals surface area (Å²) in [5, 5.41) is 0. The predicted molar refractivity (Wildman–Crippen MR) is 67.4 cm³/mol. The fraction of sp³-hybridized carbons (Fsp3) is 0.600. The fourth-order valence-electron chi connectivity index (χ4n) is 4.01. The van der Waals surface area contributed by atoms with E-state index in [0.29, 0.717) is 24.2 Å². The highest BCUT2D eigenvalue weighted by atomic mass is 16.5. The third-order valence-corrected chi connectivity index (χ3v) is 4.81. The van der Waals surface area contributed by atoms with Gasteiger partial charge < -0.3 is 9.64 Å². The van der Waals surface area contributed by atoms with Gasteiger partial charge in [-0.15, -0.1) is 0 Å². The highest BCUT2D eigenvalue weighted by Crippen LogP contribution is 2.44. The molecule has 2 heteroatoms. The van der Waals surface area contributed by atoms with E-state index in [4.69, 9.17) is 4.74 Å². The van der Waals surface area contributed by atoms with Gasteiger partial charge in [0.05, 0.1) is 18.2 Å². The van der Waals surface area contributed by atoms with E-state index in [-0.39, 0.29) is 0 Å². The number of hydrogen-bond donors (Lipinski definition) is 0. The third-order valence-electron chi connectivity index (χ3n) is 4.81. The molecule has 3 aliphatic heterocycles. The van der Waals surface area contributed by atoms with Crippen molar-refractivity contribution in [3.05, 3.63) is 36.6 Å². The fourth-order valence-corrected chi connectivity index (χ4v) is 4.01. The molecule has 4 aliphatic rings. The predicted octanol–water partition coefficient (Wildman–Crippen LogP) is 2.49. The first kappa shape index (κ1) is 9.95. The normalized spacial score (nSPS) is 46.6. The highest BCUT2D eigenvalue weighted by Gasteiger charge is 2.49. The van der Waals surface area contributed by atoms with E-state index in [1.165, 1.54) is 25.8 Å². The maximum atomic E-state index is 6.33. The van der Waals surface area contributed by atoms with Crippen LogP contribution in [0.5, 0.6) is 0 Å². The summed E-state index contributed by atoms with van der Waals surface area (Å²) in [6, 6.07) is 0.631. The van der Waals surface area contributed by atoms with Gasteiger partial charge in [-0.2, -0.15) is 0 Å². The summed E-state index contributed by atoms with van der Waals surface area (Å²) in [7, 11) is 0. The van der Waals surface area contributed by atoms with Crippen molar-refractivity contribution in [3.63, 3.8) is 0 Å². The van der Waals surface area contributed by atoms with Crippen LogP contribution in [0.1, 0.15) is 19.3 Å². The topological polar surface area (TPSA) is 12.5 Å². The van der Waals surface area contributed by atoms with Crippen molar-refractivity contribution >= 4 is 0 Å². The monoisotopic (exact) mass is 229 g/mol. The van der Waals surface area contributed by atoms with Crippen LogP contribution < -0.4 is 0 Å². The lowest BCUT2D eigenvalue weighted by Gasteiger charge is -2.44. The maximum Gasteiger partial charge on any atom is 0.0830 e. The van der Waals surface area contributed by atoms with Gasteiger partial charge in [0.15, 0.2) is 0 Å². The first-order chi connectivity index (χ1) is 8.43. The molecule has 2 saturated heterocycles. The summed E-state index contributed by atoms with van der Waals surface area (Å²) in [6.07, 6.45) is 18.1. The average Bonchev–Trinajstić information content (AvgIpc) is 2.78. The van der Waals surface area contributed by atoms with Crippen molar-refractivity contribution in [3.8, 4) is 0 Å². The Kier molecular flexibility index (Phi) is 2.19. The first-order valence-corrected chi connectivity index (χ1v) is 6.86. The Bertz CT molecular complexity index is 398. The number of fused-ring (bicyclic) bond motifs is 5. The van der Waals surface area contributed by atoms with Crippen molar-refractivity contribution in [2.75, 3.05) is 6.54 Å². The van der Waals surface area contributed by atoms with Crippen LogP contribution in [0.25, 0.3) is 0 Å². The zero-order chi connectivity index (χ0) is 11.2. The Morgan fingerprint density at radius 3 is 3.06 bits per heavy atom. The van der Waals surface area contributed by atoms with Gasteiger partial charge in [0, 0.05) is 12.5 Å². The number of piperidine rings is 1. The minimum Gasteiger partial charge on any atom is -0.372 e. The maximum absolute atomic E-state index is 6.33. The van der Waals surface area contributed by atoms with Crippen LogP contribution in [0.15, 0.2) is 36.6 Å². The lowest BCUT2D eigenvalue weighted by Crippen LogP contribution is -2.50. The molecule has 4 rings (SSSR count). The van der Waals surface area contributed by atoms with Crippen molar-refractivity contribution in [2.24, 2.45) is 11.8 Å². The second-order valence-corrected chi connectivity index (χ2v) is 5.63. The average molecular weight is 229 g/mol. The summed E-state index contributed by atoms with van der Waals surface area (Å²) in [5.41, 5.74) is 0. The molecule has 0 aromatic carbocycles. The largest absolute Gasteiger partial charge is 0.372 e. The van der Waals surface area contributed by atoms with Gasteiger partial charge in [-0.05, 0) is 31.4 Å². The molecule has 5 unspecified atom stereocenters. The van der Waals surface area contributed by atoms with Gasteiger partial charge >= 0.3 is 0 Å². The quantitative estimate of drug-likeness (QED) is 0.633. The molecule has 0 N–H and O–H groups in total. The summed E-state index contributed by atoms with van der Waals surface area (Å²) in [4.78, 5) is 2.51. The second kappa shape index (κ2) is 3.74. The molecule has 0 radical (unpaired) electrons. The summed E-state index contributed by atoms with van der Waals surface area (Å²) in [6.45, 7) is 1.21. The van der Waals surface area contributed by atoms with Crippen molar-refractivity contribution in [1.29, 1.82) is 0 Å². The zero-order valence-corrected chi connectivity index (χ0v) is 10.0. The molecular formula is C15H19NO. The van der Waals surface area contributed by atoms with Crippen LogP contribution in [-0.4, -0.2) is 29.7 Å². The molecule has 0 saturated carbocycles. The Morgan fingerprint density at radius 1 is 1.12 bits per heavy atom. The molecule has 0 aromatic heterocycles. The van der Waals surface area contributed by atoms with Crippen molar-refractivity contribution < 1.29 is 4.74 Å². The number of ether oxygens (including phenoxy) is 1. The zero-order valence-electron chi connectivity index (χ0n) is 10.0. The molecule has 90 valence electrons. The molecular weight excluding hydrogens is 210 g/mol. The number of hydrogen-bond acceptors (Lipinski definition) is 2. The standard InChI is InChI=1S/C15H19NO/c1-2-7-14-11(5-1)12-8-10-16-9-4-3-6-13(16)15(12)17-14/h1-2,4-5,7,9,11-15H,3,6,8,10H2. The first-order valence-electron chi connectivity index (χ1n) is 6.86. The van der Waals surface area contributed by atoms with Gasteiger partial charge in [0.2, 0.25) is 0 Å². The van der Waals surface area contributed by atoms with Crippen LogP contribution in [0.4, 0.5) is 0 Å². The van der Waals surface area contributed by atoms with Crippen LogP contribution in [0.3, 0.4) is 0 Å². The molecule has 0 aromatic rings. The molecule has 0 spiro atoms. The van der Waals surface area contributed by atoms with E-state index in [1.54, 1.807) is 0 Å². The minimum absolute atomic E-state index is 0.348. The molecule has 0 amide bonds. The van der Waals surface area contributed by atoms with Gasteiger partial charge in [-0.1, -0.05) is 30.4 Å². The van der Waals surface area contributed by atoms with Crippen LogP contribution in [0.2, 0.25) is 0 Å². The lowest BCUT2D eigenvalue weighted by atomic mass is 9.77. The van der Waals surface area contributed by atoms with E-state index in [1.807, 2.05) is 0 Å². The van der Waals surface area contributed by atoms with Gasteiger partial charge in [-0.25, -0.2) is 0 Å². The van der Waals surface area contributed by atoms with Crippen molar-refractivity contribution in [2.45, 2.75) is 37.5 Å². The summed E-state index contributed by atoms with van der Waals surface area (Å²) < 4.78 is 6.33. The number of rotatable bonds is 0. The van der Waals surface area contributed by atoms with Crippen LogP contribution in [-0.2, 0) is 4.74 Å². The molecule has 1 aliphatic carbocycles. The molecule has 0 bridgehead atoms. The van der Waals surface area contributed by atoms with Gasteiger partial charge in [-0.3, -0.25) is 0 Å². The highest BCUT2D eigenvalue weighted by molar-refractivity contribution is 5.21. The Hall–Kier alpha value is -1.02. The van der Waals surface area contributed by atoms with E-state index in [9.17, 15) is 0 Å². The van der Waals surface area contributed by atoms with Crippen molar-refractivity contribution in [1.82, 2.24) is 4.90 Å². The lowest BCUT2D eigenvalue weighted by molar-refractivity contribution is -0.0265.